The maximum absolute atomic E-state index is 13.3. The van der Waals surface area contributed by atoms with Crippen LogP contribution in [-0.2, 0) is 6.42 Å². The normalized spacial score (nSPS) is 28.1. The van der Waals surface area contributed by atoms with Crippen molar-refractivity contribution in [3.05, 3.63) is 59.4 Å². The molecule has 0 radical (unpaired) electrons. The summed E-state index contributed by atoms with van der Waals surface area (Å²) in [5, 5.41) is 0. The molecule has 3 aliphatic rings. The predicted molar refractivity (Wildman–Crippen MR) is 121 cm³/mol. The summed E-state index contributed by atoms with van der Waals surface area (Å²) in [4.78, 5) is 22.6. The fraction of sp³-hybridized carbons (Fsp3) is 0.538. The van der Waals surface area contributed by atoms with E-state index in [2.05, 4.69) is 33.0 Å². The number of hydrogen-bond acceptors (Lipinski definition) is 4. The molecule has 1 aromatic carbocycles. The molecule has 0 N–H and O–H groups in total. The lowest BCUT2D eigenvalue weighted by atomic mass is 9.71. The molecule has 0 aliphatic carbocycles. The van der Waals surface area contributed by atoms with Crippen LogP contribution in [0, 0.1) is 18.8 Å². The largest absolute Gasteiger partial charge is 0.497 e. The molecule has 4 heterocycles. The first-order valence-electron chi connectivity index (χ1n) is 11.7. The van der Waals surface area contributed by atoms with Gasteiger partial charge >= 0.3 is 0 Å². The fourth-order valence-electron chi connectivity index (χ4n) is 6.17. The van der Waals surface area contributed by atoms with Gasteiger partial charge in [-0.2, -0.15) is 0 Å². The number of ether oxygens (including phenoxy) is 1. The number of hydrogen-bond donors (Lipinski definition) is 0. The Labute approximate surface area is 185 Å². The molecule has 31 heavy (non-hydrogen) atoms. The molecule has 1 amide bonds. The van der Waals surface area contributed by atoms with E-state index < -0.39 is 0 Å². The minimum atomic E-state index is 0.145. The number of amides is 1. The highest BCUT2D eigenvalue weighted by Crippen LogP contribution is 2.42. The Hall–Kier alpha value is -2.40. The molecule has 0 saturated carbocycles. The zero-order valence-electron chi connectivity index (χ0n) is 18.7. The first-order chi connectivity index (χ1) is 15.1. The lowest BCUT2D eigenvalue weighted by molar-refractivity contribution is -0.0642. The van der Waals surface area contributed by atoms with Crippen LogP contribution in [0.15, 0.2) is 42.6 Å². The van der Waals surface area contributed by atoms with Gasteiger partial charge in [0.25, 0.3) is 5.91 Å². The van der Waals surface area contributed by atoms with Crippen LogP contribution in [0.4, 0.5) is 0 Å². The van der Waals surface area contributed by atoms with Crippen LogP contribution < -0.4 is 4.74 Å². The molecule has 3 aliphatic heterocycles. The zero-order chi connectivity index (χ0) is 21.4. The molecule has 0 unspecified atom stereocenters. The van der Waals surface area contributed by atoms with E-state index in [-0.39, 0.29) is 5.91 Å². The molecule has 5 heteroatoms. The summed E-state index contributed by atoms with van der Waals surface area (Å²) in [5.41, 5.74) is 3.00. The average Bonchev–Trinajstić information content (AvgIpc) is 2.82. The van der Waals surface area contributed by atoms with Crippen LogP contribution >= 0.6 is 0 Å². The molecule has 164 valence electrons. The van der Waals surface area contributed by atoms with E-state index in [4.69, 9.17) is 4.74 Å². The van der Waals surface area contributed by atoms with Crippen molar-refractivity contribution in [3.63, 3.8) is 0 Å². The Morgan fingerprint density at radius 1 is 1.16 bits per heavy atom. The summed E-state index contributed by atoms with van der Waals surface area (Å²) < 4.78 is 5.47. The van der Waals surface area contributed by atoms with Crippen molar-refractivity contribution in [3.8, 4) is 5.75 Å². The van der Waals surface area contributed by atoms with Gasteiger partial charge in [0.05, 0.1) is 12.7 Å². The van der Waals surface area contributed by atoms with Crippen LogP contribution in [0.1, 0.15) is 47.3 Å². The Morgan fingerprint density at radius 2 is 2.03 bits per heavy atom. The highest BCUT2D eigenvalue weighted by atomic mass is 16.5. The van der Waals surface area contributed by atoms with E-state index >= 15 is 0 Å². The first-order valence-corrected chi connectivity index (χ1v) is 11.7. The number of carbonyl (C=O) groups excluding carboxylic acids is 1. The van der Waals surface area contributed by atoms with Gasteiger partial charge in [0.15, 0.2) is 0 Å². The van der Waals surface area contributed by atoms with E-state index in [9.17, 15) is 4.79 Å². The Balaban J connectivity index is 1.40. The average molecular weight is 420 g/mol. The Bertz CT molecular complexity index is 929. The molecule has 2 aromatic rings. The Kier molecular flexibility index (Phi) is 5.70. The topological polar surface area (TPSA) is 45.7 Å². The number of nitrogens with zero attached hydrogens (tertiary/aromatic N) is 3. The van der Waals surface area contributed by atoms with Crippen LogP contribution in [-0.4, -0.2) is 59.5 Å². The van der Waals surface area contributed by atoms with Gasteiger partial charge in [-0.15, -0.1) is 0 Å². The third kappa shape index (κ3) is 4.08. The van der Waals surface area contributed by atoms with Crippen LogP contribution in [0.2, 0.25) is 0 Å². The number of pyridine rings is 1. The van der Waals surface area contributed by atoms with Gasteiger partial charge < -0.3 is 9.64 Å². The predicted octanol–water partition coefficient (Wildman–Crippen LogP) is 3.96. The molecular formula is C26H33N3O2. The number of likely N-dealkylation sites (tertiary alicyclic amines) is 1. The fourth-order valence-corrected chi connectivity index (χ4v) is 6.17. The van der Waals surface area contributed by atoms with Gasteiger partial charge in [0, 0.05) is 37.1 Å². The van der Waals surface area contributed by atoms with Crippen molar-refractivity contribution < 1.29 is 9.53 Å². The van der Waals surface area contributed by atoms with E-state index in [1.165, 1.54) is 37.8 Å². The van der Waals surface area contributed by atoms with Crippen molar-refractivity contribution in [1.82, 2.24) is 14.8 Å². The van der Waals surface area contributed by atoms with Crippen molar-refractivity contribution >= 4 is 5.91 Å². The molecular weight excluding hydrogens is 386 g/mol. The lowest BCUT2D eigenvalue weighted by Crippen LogP contribution is -2.64. The van der Waals surface area contributed by atoms with Crippen molar-refractivity contribution in [2.24, 2.45) is 11.8 Å². The highest BCUT2D eigenvalue weighted by Gasteiger charge is 2.47. The molecule has 0 spiro atoms. The summed E-state index contributed by atoms with van der Waals surface area (Å²) in [6.07, 6.45) is 7.88. The third-order valence-electron chi connectivity index (χ3n) is 7.65. The SMILES string of the molecule is COc1cccc(C[C@H]2[C@H]3C[C@H](CN(C(=O)c4ccc(C)nc4)C3)[C@@H]3CCCCN32)c1. The van der Waals surface area contributed by atoms with Crippen LogP contribution in [0.3, 0.4) is 0 Å². The minimum absolute atomic E-state index is 0.145. The van der Waals surface area contributed by atoms with Gasteiger partial charge in [-0.05, 0) is 80.8 Å². The summed E-state index contributed by atoms with van der Waals surface area (Å²) >= 11 is 0. The second kappa shape index (κ2) is 8.62. The van der Waals surface area contributed by atoms with E-state index in [1.807, 2.05) is 25.1 Å². The quantitative estimate of drug-likeness (QED) is 0.753. The van der Waals surface area contributed by atoms with Crippen molar-refractivity contribution in [2.75, 3.05) is 26.7 Å². The lowest BCUT2D eigenvalue weighted by Gasteiger charge is -2.57. The van der Waals surface area contributed by atoms with Gasteiger partial charge in [0.1, 0.15) is 5.75 Å². The summed E-state index contributed by atoms with van der Waals surface area (Å²) in [6.45, 7) is 4.89. The standard InChI is InChI=1S/C26H33N3O2/c1-18-9-10-20(15-27-18)26(30)28-16-21-14-22(17-28)25(29-11-4-3-8-24(21)29)13-19-6-5-7-23(12-19)31-2/h5-7,9-10,12,15,21-22,24-25H,3-4,8,11,13-14,16-17H2,1-2H3/t21-,22+,24+,25+/m1/s1. The van der Waals surface area contributed by atoms with Gasteiger partial charge in [-0.25, -0.2) is 0 Å². The number of benzene rings is 1. The number of methoxy groups -OCH3 is 1. The molecule has 5 rings (SSSR count). The molecule has 4 atom stereocenters. The molecule has 2 bridgehead atoms. The second-order valence-electron chi connectivity index (χ2n) is 9.58. The van der Waals surface area contributed by atoms with E-state index in [1.54, 1.807) is 13.3 Å². The first kappa shape index (κ1) is 20.5. The summed E-state index contributed by atoms with van der Waals surface area (Å²) in [5.74, 6) is 2.17. The van der Waals surface area contributed by atoms with E-state index in [0.29, 0.717) is 23.9 Å². The zero-order valence-corrected chi connectivity index (χ0v) is 18.7. The van der Waals surface area contributed by atoms with Crippen molar-refractivity contribution in [2.45, 2.75) is 51.1 Å². The maximum atomic E-state index is 13.3. The molecule has 1 aromatic heterocycles. The summed E-state index contributed by atoms with van der Waals surface area (Å²) in [7, 11) is 1.73. The molecule has 3 fully saturated rings. The van der Waals surface area contributed by atoms with Crippen LogP contribution in [0.5, 0.6) is 5.75 Å². The van der Waals surface area contributed by atoms with Gasteiger partial charge in [-0.1, -0.05) is 18.6 Å². The number of fused-ring (bicyclic) bond motifs is 4. The second-order valence-corrected chi connectivity index (χ2v) is 9.58. The number of aryl methyl sites for hydroxylation is 1. The Morgan fingerprint density at radius 3 is 2.84 bits per heavy atom. The number of piperidine rings is 3. The van der Waals surface area contributed by atoms with Crippen molar-refractivity contribution in [1.29, 1.82) is 0 Å². The number of aromatic nitrogens is 1. The van der Waals surface area contributed by atoms with E-state index in [0.717, 1.165) is 36.5 Å². The van der Waals surface area contributed by atoms with Gasteiger partial charge in [-0.3, -0.25) is 14.7 Å². The molecule has 3 saturated heterocycles. The maximum Gasteiger partial charge on any atom is 0.255 e. The minimum Gasteiger partial charge on any atom is -0.497 e. The highest BCUT2D eigenvalue weighted by molar-refractivity contribution is 5.94. The van der Waals surface area contributed by atoms with Gasteiger partial charge in [0.2, 0.25) is 0 Å². The summed E-state index contributed by atoms with van der Waals surface area (Å²) in [6, 6.07) is 13.5. The number of rotatable bonds is 4. The third-order valence-corrected chi connectivity index (χ3v) is 7.65. The number of carbonyl (C=O) groups is 1. The molecule has 5 nitrogen and oxygen atoms in total. The van der Waals surface area contributed by atoms with Crippen LogP contribution in [0.25, 0.3) is 0 Å². The monoisotopic (exact) mass is 419 g/mol. The smallest absolute Gasteiger partial charge is 0.255 e.